The summed E-state index contributed by atoms with van der Waals surface area (Å²) in [5, 5.41) is 6.03. The van der Waals surface area contributed by atoms with Crippen LogP contribution in [-0.2, 0) is 6.54 Å². The van der Waals surface area contributed by atoms with Crippen molar-refractivity contribution in [3.05, 3.63) is 77.0 Å². The number of hydrogen-bond donors (Lipinski definition) is 2. The van der Waals surface area contributed by atoms with Crippen molar-refractivity contribution in [3.8, 4) is 0 Å². The van der Waals surface area contributed by atoms with Crippen LogP contribution in [-0.4, -0.2) is 44.9 Å². The fourth-order valence-corrected chi connectivity index (χ4v) is 4.20. The van der Waals surface area contributed by atoms with Crippen molar-refractivity contribution in [1.29, 1.82) is 0 Å². The molecule has 0 atom stereocenters. The van der Waals surface area contributed by atoms with Crippen LogP contribution < -0.4 is 21.1 Å². The highest BCUT2D eigenvalue weighted by Gasteiger charge is 2.23. The molecule has 2 aromatic heterocycles. The molecule has 10 heteroatoms. The van der Waals surface area contributed by atoms with E-state index < -0.39 is 12.1 Å². The van der Waals surface area contributed by atoms with Gasteiger partial charge in [0.1, 0.15) is 12.0 Å². The van der Waals surface area contributed by atoms with Crippen LogP contribution in [0.4, 0.5) is 15.3 Å². The lowest BCUT2D eigenvalue weighted by atomic mass is 10.1. The number of imide groups is 1. The van der Waals surface area contributed by atoms with Crippen molar-refractivity contribution >= 4 is 40.1 Å². The van der Waals surface area contributed by atoms with E-state index in [1.807, 2.05) is 26.0 Å². The summed E-state index contributed by atoms with van der Waals surface area (Å²) in [7, 11) is 0. The monoisotopic (exact) mass is 516 g/mol. The summed E-state index contributed by atoms with van der Waals surface area (Å²) < 4.78 is 3.18. The van der Waals surface area contributed by atoms with Crippen molar-refractivity contribution in [2.24, 2.45) is 0 Å². The smallest absolute Gasteiger partial charge is 0.330 e. The molecule has 0 aliphatic heterocycles. The number of carbonyl (C=O) groups is 3. The molecule has 0 aliphatic carbocycles. The Kier molecular flexibility index (Phi) is 8.52. The molecular formula is C28H32N6O4. The zero-order chi connectivity index (χ0) is 27.1. The Morgan fingerprint density at radius 3 is 2.16 bits per heavy atom. The van der Waals surface area contributed by atoms with Gasteiger partial charge in [0.2, 0.25) is 0 Å². The summed E-state index contributed by atoms with van der Waals surface area (Å²) in [6.07, 6.45) is 6.57. The van der Waals surface area contributed by atoms with Gasteiger partial charge >= 0.3 is 12.1 Å². The Balaban J connectivity index is 1.58. The van der Waals surface area contributed by atoms with Crippen LogP contribution in [0, 0.1) is 0 Å². The topological polar surface area (TPSA) is 118 Å². The Morgan fingerprint density at radius 2 is 1.53 bits per heavy atom. The number of Topliss-reactive ketones (excluding diaryl/α,β-unsaturated/α-hetero) is 1. The van der Waals surface area contributed by atoms with Gasteiger partial charge in [-0.05, 0) is 49.2 Å². The lowest BCUT2D eigenvalue weighted by molar-refractivity contribution is 0.0972. The SMILES string of the molecule is CCCCNC(=O)N(C(=O)NCCCC)c1ccc(C(=O)Cn2c(=O)c3ccccc3n3cncc23)cc1. The van der Waals surface area contributed by atoms with E-state index in [1.54, 1.807) is 53.3 Å². The van der Waals surface area contributed by atoms with Crippen LogP contribution in [0.15, 0.2) is 65.8 Å². The maximum atomic E-state index is 13.2. The number of nitrogens with zero attached hydrogens (tertiary/aromatic N) is 4. The highest BCUT2D eigenvalue weighted by atomic mass is 16.2. The summed E-state index contributed by atoms with van der Waals surface area (Å²) in [5.41, 5.74) is 1.64. The van der Waals surface area contributed by atoms with Crippen molar-refractivity contribution in [1.82, 2.24) is 24.6 Å². The molecule has 0 unspecified atom stereocenters. The Hall–Kier alpha value is -4.47. The van der Waals surface area contributed by atoms with Crippen LogP contribution in [0.1, 0.15) is 49.9 Å². The molecule has 2 heterocycles. The van der Waals surface area contributed by atoms with E-state index in [4.69, 9.17) is 0 Å². The van der Waals surface area contributed by atoms with Crippen LogP contribution in [0.5, 0.6) is 0 Å². The maximum absolute atomic E-state index is 13.2. The highest BCUT2D eigenvalue weighted by molar-refractivity contribution is 6.13. The minimum atomic E-state index is -0.530. The number of anilines is 1. The first-order valence-corrected chi connectivity index (χ1v) is 12.9. The number of unbranched alkanes of at least 4 members (excludes halogenated alkanes) is 2. The fraction of sp³-hybridized carbons (Fsp3) is 0.321. The lowest BCUT2D eigenvalue weighted by Crippen LogP contribution is -2.49. The van der Waals surface area contributed by atoms with Gasteiger partial charge < -0.3 is 10.6 Å². The predicted molar refractivity (Wildman–Crippen MR) is 147 cm³/mol. The number of aromatic nitrogens is 3. The van der Waals surface area contributed by atoms with E-state index in [0.29, 0.717) is 40.9 Å². The van der Waals surface area contributed by atoms with Gasteiger partial charge in [-0.3, -0.25) is 18.6 Å². The number of amides is 4. The average Bonchev–Trinajstić information content (AvgIpc) is 3.42. The van der Waals surface area contributed by atoms with Gasteiger partial charge in [0, 0.05) is 18.7 Å². The molecule has 0 saturated heterocycles. The molecule has 2 aromatic carbocycles. The lowest BCUT2D eigenvalue weighted by Gasteiger charge is -2.22. The van der Waals surface area contributed by atoms with Crippen molar-refractivity contribution in [3.63, 3.8) is 0 Å². The second kappa shape index (κ2) is 12.2. The van der Waals surface area contributed by atoms with Gasteiger partial charge in [-0.15, -0.1) is 0 Å². The van der Waals surface area contributed by atoms with Gasteiger partial charge in [-0.2, -0.15) is 0 Å². The average molecular weight is 517 g/mol. The standard InChI is InChI=1S/C28H32N6O4/c1-3-5-15-30-27(37)34(28(38)31-16-6-4-2)21-13-11-20(12-14-21)24(35)18-32-25-17-29-19-33(25)23-10-8-7-9-22(23)26(32)36/h7-14,17,19H,3-6,15-16,18H2,1-2H3,(H,30,37)(H,31,38). The Labute approximate surface area is 220 Å². The van der Waals surface area contributed by atoms with E-state index in [1.165, 1.54) is 4.57 Å². The Morgan fingerprint density at radius 1 is 0.895 bits per heavy atom. The van der Waals surface area contributed by atoms with E-state index in [9.17, 15) is 19.2 Å². The van der Waals surface area contributed by atoms with E-state index in [2.05, 4.69) is 15.6 Å². The van der Waals surface area contributed by atoms with Gasteiger partial charge in [0.25, 0.3) is 5.56 Å². The zero-order valence-corrected chi connectivity index (χ0v) is 21.6. The molecule has 0 saturated carbocycles. The molecule has 38 heavy (non-hydrogen) atoms. The number of carbonyl (C=O) groups excluding carboxylic acids is 3. The van der Waals surface area contributed by atoms with Gasteiger partial charge in [0.15, 0.2) is 5.78 Å². The Bertz CT molecular complexity index is 1480. The second-order valence-electron chi connectivity index (χ2n) is 9.01. The number of nitrogens with one attached hydrogen (secondary N) is 2. The van der Waals surface area contributed by atoms with Crippen molar-refractivity contribution in [2.45, 2.75) is 46.1 Å². The van der Waals surface area contributed by atoms with Crippen molar-refractivity contribution in [2.75, 3.05) is 18.0 Å². The van der Waals surface area contributed by atoms with Crippen LogP contribution >= 0.6 is 0 Å². The first-order chi connectivity index (χ1) is 18.5. The van der Waals surface area contributed by atoms with Crippen LogP contribution in [0.25, 0.3) is 16.6 Å². The number of fused-ring (bicyclic) bond motifs is 3. The minimum absolute atomic E-state index is 0.184. The molecule has 2 N–H and O–H groups in total. The van der Waals surface area contributed by atoms with Crippen LogP contribution in [0.2, 0.25) is 0 Å². The van der Waals surface area contributed by atoms with E-state index in [-0.39, 0.29) is 17.9 Å². The molecule has 0 bridgehead atoms. The van der Waals surface area contributed by atoms with Gasteiger partial charge in [0.05, 0.1) is 29.3 Å². The summed E-state index contributed by atoms with van der Waals surface area (Å²) >= 11 is 0. The molecule has 198 valence electrons. The molecule has 4 amide bonds. The fourth-order valence-electron chi connectivity index (χ4n) is 4.20. The third kappa shape index (κ3) is 5.59. The second-order valence-corrected chi connectivity index (χ2v) is 9.01. The van der Waals surface area contributed by atoms with Crippen LogP contribution in [0.3, 0.4) is 0 Å². The summed E-state index contributed by atoms with van der Waals surface area (Å²) in [6.45, 7) is 4.75. The van der Waals surface area contributed by atoms with Gasteiger partial charge in [-0.25, -0.2) is 19.5 Å². The largest absolute Gasteiger partial charge is 0.337 e. The molecule has 0 fully saturated rings. The number of benzene rings is 2. The molecule has 0 spiro atoms. The van der Waals surface area contributed by atoms with E-state index in [0.717, 1.165) is 30.6 Å². The van der Waals surface area contributed by atoms with Gasteiger partial charge in [-0.1, -0.05) is 38.8 Å². The third-order valence-corrected chi connectivity index (χ3v) is 6.30. The third-order valence-electron chi connectivity index (χ3n) is 6.30. The molecule has 4 aromatic rings. The number of imidazole rings is 1. The summed E-state index contributed by atoms with van der Waals surface area (Å²) in [5.74, 6) is -0.289. The molecule has 0 aliphatic rings. The summed E-state index contributed by atoms with van der Waals surface area (Å²) in [6, 6.07) is 12.3. The van der Waals surface area contributed by atoms with Crippen molar-refractivity contribution < 1.29 is 14.4 Å². The summed E-state index contributed by atoms with van der Waals surface area (Å²) in [4.78, 5) is 57.3. The quantitative estimate of drug-likeness (QED) is 0.240. The normalized spacial score (nSPS) is 11.0. The number of rotatable bonds is 10. The molecule has 4 rings (SSSR count). The molecule has 10 nitrogen and oxygen atoms in total. The number of para-hydroxylation sites is 1. The first kappa shape index (κ1) is 26.6. The number of ketones is 1. The number of urea groups is 2. The zero-order valence-electron chi connectivity index (χ0n) is 21.6. The predicted octanol–water partition coefficient (Wildman–Crippen LogP) is 4.36. The maximum Gasteiger partial charge on any atom is 0.330 e. The minimum Gasteiger partial charge on any atom is -0.337 e. The van der Waals surface area contributed by atoms with E-state index >= 15 is 0 Å². The highest BCUT2D eigenvalue weighted by Crippen LogP contribution is 2.18. The first-order valence-electron chi connectivity index (χ1n) is 12.9. The number of hydrogen-bond acceptors (Lipinski definition) is 5. The molecular weight excluding hydrogens is 484 g/mol. The molecule has 0 radical (unpaired) electrons.